The molecule has 112 valence electrons. The zero-order valence-electron chi connectivity index (χ0n) is 11.0. The summed E-state index contributed by atoms with van der Waals surface area (Å²) in [6, 6.07) is 11.0. The Morgan fingerprint density at radius 1 is 1.05 bits per heavy atom. The topological polar surface area (TPSA) is 120 Å². The lowest BCUT2D eigenvalue weighted by atomic mass is 10.2. The third kappa shape index (κ3) is 6.79. The van der Waals surface area contributed by atoms with Gasteiger partial charge in [0, 0.05) is 6.54 Å². The van der Waals surface area contributed by atoms with Crippen molar-refractivity contribution in [2.24, 2.45) is 0 Å². The van der Waals surface area contributed by atoms with Gasteiger partial charge in [0.2, 0.25) is 0 Å². The van der Waals surface area contributed by atoms with Crippen molar-refractivity contribution < 1.29 is 29.3 Å². The highest BCUT2D eigenvalue weighted by atomic mass is 16.4. The van der Waals surface area contributed by atoms with Crippen LogP contribution < -0.4 is 5.32 Å². The Bertz CT molecular complexity index is 567. The molecule has 0 fully saturated rings. The van der Waals surface area contributed by atoms with Gasteiger partial charge in [-0.05, 0) is 29.8 Å². The number of hydrogen-bond donors (Lipinski definition) is 4. The predicted octanol–water partition coefficient (Wildman–Crippen LogP) is 1.43. The van der Waals surface area contributed by atoms with Crippen LogP contribution in [0.3, 0.4) is 0 Å². The first-order chi connectivity index (χ1) is 9.99. The van der Waals surface area contributed by atoms with Crippen molar-refractivity contribution in [1.82, 2.24) is 5.32 Å². The quantitative estimate of drug-likeness (QED) is 0.629. The molecule has 7 heteroatoms. The maximum atomic E-state index is 9.25. The lowest BCUT2D eigenvalue weighted by molar-refractivity contribution is -0.159. The summed E-state index contributed by atoms with van der Waals surface area (Å²) in [6.45, 7) is 1.41. The minimum absolute atomic E-state index is 0.298. The normalized spacial score (nSPS) is 9.52. The zero-order valence-corrected chi connectivity index (χ0v) is 11.0. The molecule has 0 spiro atoms. The Morgan fingerprint density at radius 3 is 2.29 bits per heavy atom. The molecular weight excluding hydrogens is 278 g/mol. The molecule has 0 atom stereocenters. The highest BCUT2D eigenvalue weighted by Gasteiger charge is 2.04. The standard InChI is InChI=1S/C12H13NO2.C2H2O4/c14-11-4-1-3-10(7-11)8-13-9-12-5-2-6-15-12;3-1(4)2(5)6/h1-7,13-14H,8-9H2;(H,3,4)(H,5,6). The molecule has 2 rings (SSSR count). The molecule has 0 unspecified atom stereocenters. The van der Waals surface area contributed by atoms with E-state index in [1.54, 1.807) is 18.4 Å². The van der Waals surface area contributed by atoms with Gasteiger partial charge in [0.1, 0.15) is 11.5 Å². The summed E-state index contributed by atoms with van der Waals surface area (Å²) in [5, 5.41) is 27.3. The fourth-order valence-electron chi connectivity index (χ4n) is 1.41. The first kappa shape index (κ1) is 16.3. The minimum atomic E-state index is -1.82. The molecule has 0 aliphatic heterocycles. The summed E-state index contributed by atoms with van der Waals surface area (Å²) in [5.41, 5.74) is 1.06. The Kier molecular flexibility index (Phi) is 6.49. The Balaban J connectivity index is 0.000000315. The van der Waals surface area contributed by atoms with Crippen LogP contribution in [0.15, 0.2) is 47.1 Å². The first-order valence-electron chi connectivity index (χ1n) is 5.96. The summed E-state index contributed by atoms with van der Waals surface area (Å²) in [6.07, 6.45) is 1.66. The van der Waals surface area contributed by atoms with Crippen LogP contribution in [0.5, 0.6) is 5.75 Å². The van der Waals surface area contributed by atoms with Gasteiger partial charge in [-0.15, -0.1) is 0 Å². The van der Waals surface area contributed by atoms with Crippen LogP contribution in [0.2, 0.25) is 0 Å². The fourth-order valence-corrected chi connectivity index (χ4v) is 1.41. The van der Waals surface area contributed by atoms with Crippen LogP contribution in [0, 0.1) is 0 Å². The Morgan fingerprint density at radius 2 is 1.76 bits per heavy atom. The largest absolute Gasteiger partial charge is 0.508 e. The number of rotatable bonds is 4. The summed E-state index contributed by atoms with van der Waals surface area (Å²) < 4.78 is 5.18. The highest BCUT2D eigenvalue weighted by Crippen LogP contribution is 2.10. The van der Waals surface area contributed by atoms with Crippen molar-refractivity contribution in [3.63, 3.8) is 0 Å². The van der Waals surface area contributed by atoms with E-state index in [1.165, 1.54) is 0 Å². The number of benzene rings is 1. The van der Waals surface area contributed by atoms with Crippen molar-refractivity contribution in [1.29, 1.82) is 0 Å². The summed E-state index contributed by atoms with van der Waals surface area (Å²) in [4.78, 5) is 18.2. The number of phenols is 1. The van der Waals surface area contributed by atoms with Crippen LogP contribution >= 0.6 is 0 Å². The van der Waals surface area contributed by atoms with Gasteiger partial charge in [-0.2, -0.15) is 0 Å². The molecule has 4 N–H and O–H groups in total. The maximum Gasteiger partial charge on any atom is 0.414 e. The molecule has 1 aromatic carbocycles. The third-order valence-electron chi connectivity index (χ3n) is 2.30. The van der Waals surface area contributed by atoms with Gasteiger partial charge >= 0.3 is 11.9 Å². The van der Waals surface area contributed by atoms with Crippen molar-refractivity contribution in [2.45, 2.75) is 13.1 Å². The highest BCUT2D eigenvalue weighted by molar-refractivity contribution is 6.27. The van der Waals surface area contributed by atoms with E-state index < -0.39 is 11.9 Å². The SMILES string of the molecule is O=C(O)C(=O)O.Oc1cccc(CNCc2ccco2)c1. The second kappa shape index (κ2) is 8.39. The van der Waals surface area contributed by atoms with Crippen LogP contribution in [0.4, 0.5) is 0 Å². The molecule has 1 heterocycles. The summed E-state index contributed by atoms with van der Waals surface area (Å²) >= 11 is 0. The lowest BCUT2D eigenvalue weighted by Gasteiger charge is -2.03. The number of aliphatic carboxylic acids is 2. The van der Waals surface area contributed by atoms with Crippen molar-refractivity contribution in [3.8, 4) is 5.75 Å². The zero-order chi connectivity index (χ0) is 15.7. The van der Waals surface area contributed by atoms with Gasteiger partial charge in [-0.3, -0.25) is 0 Å². The molecule has 0 amide bonds. The third-order valence-corrected chi connectivity index (χ3v) is 2.30. The van der Waals surface area contributed by atoms with Gasteiger partial charge in [-0.25, -0.2) is 9.59 Å². The van der Waals surface area contributed by atoms with Crippen molar-refractivity contribution in [3.05, 3.63) is 54.0 Å². The molecule has 0 saturated carbocycles. The van der Waals surface area contributed by atoms with E-state index in [1.807, 2.05) is 24.3 Å². The fraction of sp³-hybridized carbons (Fsp3) is 0.143. The van der Waals surface area contributed by atoms with E-state index in [4.69, 9.17) is 24.2 Å². The Hall–Kier alpha value is -2.80. The number of carboxylic acids is 2. The number of carbonyl (C=O) groups is 2. The molecule has 21 heavy (non-hydrogen) atoms. The predicted molar refractivity (Wildman–Crippen MR) is 72.6 cm³/mol. The molecule has 2 aromatic rings. The molecule has 0 saturated heterocycles. The number of phenolic OH excluding ortho intramolecular Hbond substituents is 1. The molecule has 1 aromatic heterocycles. The van der Waals surface area contributed by atoms with Gasteiger partial charge in [0.15, 0.2) is 0 Å². The van der Waals surface area contributed by atoms with Gasteiger partial charge in [-0.1, -0.05) is 12.1 Å². The van der Waals surface area contributed by atoms with Crippen LogP contribution in [-0.2, 0) is 22.7 Å². The van der Waals surface area contributed by atoms with Gasteiger partial charge in [0.25, 0.3) is 0 Å². The van der Waals surface area contributed by atoms with E-state index in [2.05, 4.69) is 5.32 Å². The molecular formula is C14H15NO6. The smallest absolute Gasteiger partial charge is 0.414 e. The average molecular weight is 293 g/mol. The Labute approximate surface area is 120 Å². The van der Waals surface area contributed by atoms with E-state index >= 15 is 0 Å². The maximum absolute atomic E-state index is 9.25. The minimum Gasteiger partial charge on any atom is -0.508 e. The number of aromatic hydroxyl groups is 1. The van der Waals surface area contributed by atoms with E-state index in [0.717, 1.165) is 17.9 Å². The number of carboxylic acid groups (broad SMARTS) is 2. The van der Waals surface area contributed by atoms with E-state index in [0.29, 0.717) is 12.3 Å². The second-order valence-corrected chi connectivity index (χ2v) is 3.96. The number of furan rings is 1. The summed E-state index contributed by atoms with van der Waals surface area (Å²) in [5.74, 6) is -2.44. The lowest BCUT2D eigenvalue weighted by Crippen LogP contribution is -2.11. The molecule has 0 aliphatic carbocycles. The molecule has 0 radical (unpaired) electrons. The average Bonchev–Trinajstić information content (AvgIpc) is 2.92. The van der Waals surface area contributed by atoms with Gasteiger partial charge < -0.3 is 25.1 Å². The molecule has 0 aliphatic rings. The first-order valence-corrected chi connectivity index (χ1v) is 5.96. The van der Waals surface area contributed by atoms with Crippen molar-refractivity contribution in [2.75, 3.05) is 0 Å². The monoisotopic (exact) mass is 293 g/mol. The van der Waals surface area contributed by atoms with Crippen molar-refractivity contribution >= 4 is 11.9 Å². The van der Waals surface area contributed by atoms with Gasteiger partial charge in [0.05, 0.1) is 12.8 Å². The second-order valence-electron chi connectivity index (χ2n) is 3.96. The van der Waals surface area contributed by atoms with E-state index in [9.17, 15) is 5.11 Å². The molecule has 0 bridgehead atoms. The summed E-state index contributed by atoms with van der Waals surface area (Å²) in [7, 11) is 0. The number of nitrogens with one attached hydrogen (secondary N) is 1. The van der Waals surface area contributed by atoms with Crippen LogP contribution in [0.1, 0.15) is 11.3 Å². The van der Waals surface area contributed by atoms with Crippen LogP contribution in [-0.4, -0.2) is 27.3 Å². The molecule has 7 nitrogen and oxygen atoms in total. The van der Waals surface area contributed by atoms with Crippen LogP contribution in [0.25, 0.3) is 0 Å². The number of hydrogen-bond acceptors (Lipinski definition) is 5. The van der Waals surface area contributed by atoms with E-state index in [-0.39, 0.29) is 0 Å².